The molecule has 0 saturated heterocycles. The fourth-order valence-corrected chi connectivity index (χ4v) is 3.14. The van der Waals surface area contributed by atoms with E-state index in [1.807, 2.05) is 26.0 Å². The first-order chi connectivity index (χ1) is 14.9. The molecule has 0 radical (unpaired) electrons. The van der Waals surface area contributed by atoms with Crippen molar-refractivity contribution in [1.29, 1.82) is 0 Å². The van der Waals surface area contributed by atoms with Crippen molar-refractivity contribution in [2.75, 3.05) is 11.9 Å². The molecule has 0 bridgehead atoms. The maximum Gasteiger partial charge on any atom is 0.264 e. The van der Waals surface area contributed by atoms with Gasteiger partial charge in [0.25, 0.3) is 6.43 Å². The van der Waals surface area contributed by atoms with E-state index in [2.05, 4.69) is 37.0 Å². The molecule has 1 N–H and O–H groups in total. The molecule has 8 heteroatoms. The first-order valence-corrected chi connectivity index (χ1v) is 9.80. The van der Waals surface area contributed by atoms with E-state index in [0.29, 0.717) is 29.1 Å². The minimum absolute atomic E-state index is 0.000682. The lowest BCUT2D eigenvalue weighted by atomic mass is 9.96. The minimum Gasteiger partial charge on any atom is -0.369 e. The van der Waals surface area contributed by atoms with E-state index in [1.165, 1.54) is 18.6 Å². The van der Waals surface area contributed by atoms with Gasteiger partial charge in [-0.1, -0.05) is 25.1 Å². The topological polar surface area (TPSA) is 75.4 Å². The van der Waals surface area contributed by atoms with Gasteiger partial charge in [0.15, 0.2) is 0 Å². The molecular formula is C23H24F2N6. The molecule has 6 nitrogen and oxygen atoms in total. The third kappa shape index (κ3) is 5.33. The second-order valence-electron chi connectivity index (χ2n) is 7.16. The Morgan fingerprint density at radius 1 is 1.16 bits per heavy atom. The summed E-state index contributed by atoms with van der Waals surface area (Å²) in [7, 11) is 0. The van der Waals surface area contributed by atoms with Gasteiger partial charge >= 0.3 is 0 Å². The largest absolute Gasteiger partial charge is 0.369 e. The molecule has 0 aliphatic rings. The fraction of sp³-hybridized carbons (Fsp3) is 0.261. The van der Waals surface area contributed by atoms with Crippen molar-refractivity contribution in [2.24, 2.45) is 9.98 Å². The van der Waals surface area contributed by atoms with Gasteiger partial charge in [-0.15, -0.1) is 0 Å². The molecule has 0 amide bonds. The molecule has 0 aliphatic carbocycles. The molecule has 1 atom stereocenters. The average molecular weight is 422 g/mol. The summed E-state index contributed by atoms with van der Waals surface area (Å²) in [6, 6.07) is 8.60. The zero-order valence-electron chi connectivity index (χ0n) is 17.7. The number of halogens is 2. The van der Waals surface area contributed by atoms with Gasteiger partial charge in [-0.25, -0.2) is 28.7 Å². The Morgan fingerprint density at radius 3 is 2.71 bits per heavy atom. The molecule has 0 fully saturated rings. The number of aromatic nitrogens is 3. The lowest BCUT2D eigenvalue weighted by Crippen LogP contribution is -2.12. The van der Waals surface area contributed by atoms with Crippen LogP contribution in [0.2, 0.25) is 0 Å². The smallest absolute Gasteiger partial charge is 0.264 e. The number of allylic oxidation sites excluding steroid dienone is 1. The number of para-hydroxylation sites is 1. The van der Waals surface area contributed by atoms with E-state index >= 15 is 0 Å². The highest BCUT2D eigenvalue weighted by Gasteiger charge is 2.16. The number of alkyl halides is 2. The number of hydrogen-bond acceptors (Lipinski definition) is 5. The third-order valence-corrected chi connectivity index (χ3v) is 4.94. The zero-order chi connectivity index (χ0) is 22.4. The van der Waals surface area contributed by atoms with Crippen LogP contribution in [0.5, 0.6) is 0 Å². The van der Waals surface area contributed by atoms with Crippen molar-refractivity contribution in [3.05, 3.63) is 65.9 Å². The number of fused-ring (bicyclic) bond motifs is 1. The Hall–Kier alpha value is -3.55. The van der Waals surface area contributed by atoms with Crippen LogP contribution in [0.1, 0.15) is 49.9 Å². The molecule has 0 unspecified atom stereocenters. The second kappa shape index (κ2) is 9.97. The van der Waals surface area contributed by atoms with Crippen LogP contribution in [0, 0.1) is 0 Å². The number of aliphatic imine (C=N–C) groups is 2. The highest BCUT2D eigenvalue weighted by molar-refractivity contribution is 5.86. The van der Waals surface area contributed by atoms with Gasteiger partial charge in [0.1, 0.15) is 18.0 Å². The lowest BCUT2D eigenvalue weighted by molar-refractivity contribution is 0.153. The molecule has 2 aromatic heterocycles. The number of amidine groups is 1. The first-order valence-electron chi connectivity index (χ1n) is 9.80. The van der Waals surface area contributed by atoms with Crippen LogP contribution in [-0.2, 0) is 0 Å². The van der Waals surface area contributed by atoms with Gasteiger partial charge in [0.05, 0.1) is 11.2 Å². The highest BCUT2D eigenvalue weighted by Crippen LogP contribution is 2.31. The molecule has 1 aromatic carbocycles. The van der Waals surface area contributed by atoms with Crippen molar-refractivity contribution in [2.45, 2.75) is 33.1 Å². The highest BCUT2D eigenvalue weighted by atomic mass is 19.3. The van der Waals surface area contributed by atoms with Gasteiger partial charge < -0.3 is 5.32 Å². The van der Waals surface area contributed by atoms with Crippen LogP contribution in [0.15, 0.2) is 59.0 Å². The molecule has 3 rings (SSSR count). The predicted octanol–water partition coefficient (Wildman–Crippen LogP) is 5.66. The molecule has 31 heavy (non-hydrogen) atoms. The average Bonchev–Trinajstić information content (AvgIpc) is 2.79. The van der Waals surface area contributed by atoms with Crippen LogP contribution in [0.25, 0.3) is 16.5 Å². The molecule has 160 valence electrons. The van der Waals surface area contributed by atoms with E-state index in [1.54, 1.807) is 25.3 Å². The fourth-order valence-electron chi connectivity index (χ4n) is 3.14. The van der Waals surface area contributed by atoms with Gasteiger partial charge in [-0.05, 0) is 37.8 Å². The Kier molecular flexibility index (Phi) is 7.12. The van der Waals surface area contributed by atoms with Crippen LogP contribution >= 0.6 is 0 Å². The summed E-state index contributed by atoms with van der Waals surface area (Å²) in [5, 5.41) is 3.78. The Bertz CT molecular complexity index is 1140. The van der Waals surface area contributed by atoms with Crippen molar-refractivity contribution < 1.29 is 8.78 Å². The Morgan fingerprint density at radius 2 is 1.97 bits per heavy atom. The summed E-state index contributed by atoms with van der Waals surface area (Å²) in [5.41, 5.74) is 3.10. The summed E-state index contributed by atoms with van der Waals surface area (Å²) in [6.07, 6.45) is 2.06. The maximum atomic E-state index is 13.3. The van der Waals surface area contributed by atoms with E-state index in [9.17, 15) is 8.78 Å². The summed E-state index contributed by atoms with van der Waals surface area (Å²) in [5.74, 6) is 1.25. The van der Waals surface area contributed by atoms with Gasteiger partial charge in [0, 0.05) is 41.9 Å². The Labute approximate surface area is 179 Å². The Balaban J connectivity index is 1.78. The van der Waals surface area contributed by atoms with Crippen LogP contribution in [-0.4, -0.2) is 34.0 Å². The SMILES string of the molecule is C=N/C(C)=N\C=C(/C)c1cc(NC[C@@H](C)c2cccc3c(C(F)F)ccnc23)ncn1. The second-order valence-corrected chi connectivity index (χ2v) is 7.16. The number of anilines is 1. The molecule has 0 spiro atoms. The summed E-state index contributed by atoms with van der Waals surface area (Å²) in [6.45, 7) is 9.67. The summed E-state index contributed by atoms with van der Waals surface area (Å²) in [4.78, 5) is 20.9. The van der Waals surface area contributed by atoms with Crippen molar-refractivity contribution in [1.82, 2.24) is 15.0 Å². The molecular weight excluding hydrogens is 398 g/mol. The lowest BCUT2D eigenvalue weighted by Gasteiger charge is -2.16. The quantitative estimate of drug-likeness (QED) is 0.394. The van der Waals surface area contributed by atoms with Crippen LogP contribution in [0.3, 0.4) is 0 Å². The van der Waals surface area contributed by atoms with E-state index in [-0.39, 0.29) is 11.5 Å². The van der Waals surface area contributed by atoms with Gasteiger partial charge in [0.2, 0.25) is 0 Å². The number of hydrogen-bond donors (Lipinski definition) is 1. The van der Waals surface area contributed by atoms with Gasteiger partial charge in [-0.3, -0.25) is 4.98 Å². The number of pyridine rings is 1. The number of rotatable bonds is 7. The maximum absolute atomic E-state index is 13.3. The van der Waals surface area contributed by atoms with Gasteiger partial charge in [-0.2, -0.15) is 0 Å². The van der Waals surface area contributed by atoms with E-state index in [4.69, 9.17) is 0 Å². The van der Waals surface area contributed by atoms with Crippen molar-refractivity contribution in [3.8, 4) is 0 Å². The zero-order valence-corrected chi connectivity index (χ0v) is 17.7. The van der Waals surface area contributed by atoms with Crippen LogP contribution < -0.4 is 5.32 Å². The summed E-state index contributed by atoms with van der Waals surface area (Å²) < 4.78 is 26.7. The molecule has 3 aromatic rings. The summed E-state index contributed by atoms with van der Waals surface area (Å²) >= 11 is 0. The molecule has 2 heterocycles. The molecule has 0 aliphatic heterocycles. The number of nitrogens with zero attached hydrogens (tertiary/aromatic N) is 5. The monoisotopic (exact) mass is 422 g/mol. The minimum atomic E-state index is -2.54. The first kappa shape index (κ1) is 22.1. The van der Waals surface area contributed by atoms with E-state index in [0.717, 1.165) is 16.8 Å². The normalized spacial score (nSPS) is 13.5. The predicted molar refractivity (Wildman–Crippen MR) is 122 cm³/mol. The third-order valence-electron chi connectivity index (χ3n) is 4.94. The van der Waals surface area contributed by atoms with Crippen molar-refractivity contribution in [3.63, 3.8) is 0 Å². The number of benzene rings is 1. The standard InChI is InChI=1S/C23H24F2N6/c1-14(17-6-5-7-18-19(23(24)25)8-9-27-22(17)18)11-29-21-10-20(30-13-31-21)15(2)12-28-16(3)26-4/h5-10,12-14,23H,4,11H2,1-3H3,(H,29,30,31)/b15-12+,28-16-/t14-/m1/s1. The molecule has 0 saturated carbocycles. The van der Waals surface area contributed by atoms with Crippen molar-refractivity contribution >= 4 is 34.8 Å². The number of nitrogens with one attached hydrogen (secondary N) is 1. The van der Waals surface area contributed by atoms with E-state index < -0.39 is 6.43 Å². The van der Waals surface area contributed by atoms with Crippen LogP contribution in [0.4, 0.5) is 14.6 Å².